The van der Waals surface area contributed by atoms with Gasteiger partial charge in [0.1, 0.15) is 0 Å². The smallest absolute Gasteiger partial charge is 0.0130 e. The molecule has 2 rings (SSSR count). The van der Waals surface area contributed by atoms with E-state index in [1.54, 1.807) is 0 Å². The van der Waals surface area contributed by atoms with Crippen LogP contribution in [0.5, 0.6) is 0 Å². The van der Waals surface area contributed by atoms with E-state index in [0.717, 1.165) is 17.9 Å². The zero-order valence-electron chi connectivity index (χ0n) is 7.71. The molecule has 11 heavy (non-hydrogen) atoms. The molecule has 0 radical (unpaired) electrons. The van der Waals surface area contributed by atoms with Gasteiger partial charge in [-0.05, 0) is 37.6 Å². The van der Waals surface area contributed by atoms with Crippen LogP contribution in [0, 0.1) is 11.8 Å². The van der Waals surface area contributed by atoms with Gasteiger partial charge in [-0.1, -0.05) is 13.8 Å². The first kappa shape index (κ1) is 7.60. The van der Waals surface area contributed by atoms with Crippen molar-refractivity contribution in [3.05, 3.63) is 0 Å². The molecule has 1 heterocycles. The lowest BCUT2D eigenvalue weighted by molar-refractivity contribution is 0.0516. The fourth-order valence-corrected chi connectivity index (χ4v) is 2.07. The highest BCUT2D eigenvalue weighted by molar-refractivity contribution is 4.88. The summed E-state index contributed by atoms with van der Waals surface area (Å²) in [6.07, 6.45) is 4.45. The van der Waals surface area contributed by atoms with Gasteiger partial charge in [-0.25, -0.2) is 0 Å². The predicted octanol–water partition coefficient (Wildman–Crippen LogP) is 2.13. The van der Waals surface area contributed by atoms with Gasteiger partial charge in [0.25, 0.3) is 0 Å². The Morgan fingerprint density at radius 3 is 2.36 bits per heavy atom. The lowest BCUT2D eigenvalue weighted by Crippen LogP contribution is -2.51. The maximum absolute atomic E-state index is 2.68. The third-order valence-corrected chi connectivity index (χ3v) is 3.14. The Morgan fingerprint density at radius 1 is 1.27 bits per heavy atom. The molecule has 1 aliphatic heterocycles. The molecule has 0 aromatic heterocycles. The second-order valence-corrected chi connectivity index (χ2v) is 4.54. The Labute approximate surface area is 69.8 Å². The molecule has 1 atom stereocenters. The standard InChI is InChI=1S/C10H19N/c1-8(2)10-5-6-11(10)7-9-3-4-9/h8-10H,3-7H2,1-2H3. The Balaban J connectivity index is 1.75. The molecule has 64 valence electrons. The largest absolute Gasteiger partial charge is 0.300 e. The van der Waals surface area contributed by atoms with Gasteiger partial charge in [-0.15, -0.1) is 0 Å². The summed E-state index contributed by atoms with van der Waals surface area (Å²) in [7, 11) is 0. The maximum atomic E-state index is 2.68. The van der Waals surface area contributed by atoms with E-state index in [2.05, 4.69) is 18.7 Å². The van der Waals surface area contributed by atoms with Gasteiger partial charge < -0.3 is 0 Å². The summed E-state index contributed by atoms with van der Waals surface area (Å²) in [5.74, 6) is 1.96. The van der Waals surface area contributed by atoms with Crippen LogP contribution < -0.4 is 0 Å². The van der Waals surface area contributed by atoms with E-state index in [1.807, 2.05) is 0 Å². The van der Waals surface area contributed by atoms with Crippen molar-refractivity contribution in [1.82, 2.24) is 4.90 Å². The second kappa shape index (κ2) is 2.78. The summed E-state index contributed by atoms with van der Waals surface area (Å²) in [6.45, 7) is 7.48. The Kier molecular flexibility index (Phi) is 1.92. The first-order chi connectivity index (χ1) is 5.27. The lowest BCUT2D eigenvalue weighted by atomic mass is 9.92. The zero-order valence-corrected chi connectivity index (χ0v) is 7.71. The summed E-state index contributed by atoms with van der Waals surface area (Å²) < 4.78 is 0. The van der Waals surface area contributed by atoms with Crippen LogP contribution in [-0.4, -0.2) is 24.0 Å². The topological polar surface area (TPSA) is 3.24 Å². The molecule has 0 bridgehead atoms. The molecule has 0 aromatic rings. The van der Waals surface area contributed by atoms with Gasteiger partial charge in [0.15, 0.2) is 0 Å². The molecule has 2 aliphatic rings. The molecule has 1 saturated heterocycles. The van der Waals surface area contributed by atoms with Crippen molar-refractivity contribution in [3.63, 3.8) is 0 Å². The summed E-state index contributed by atoms with van der Waals surface area (Å²) in [6, 6.07) is 0.926. The fraction of sp³-hybridized carbons (Fsp3) is 1.00. The highest BCUT2D eigenvalue weighted by Gasteiger charge is 2.34. The molecule has 2 fully saturated rings. The summed E-state index contributed by atoms with van der Waals surface area (Å²) in [5.41, 5.74) is 0. The van der Waals surface area contributed by atoms with E-state index in [1.165, 1.54) is 32.4 Å². The Hall–Kier alpha value is -0.0400. The van der Waals surface area contributed by atoms with Crippen LogP contribution in [0.25, 0.3) is 0 Å². The molecule has 0 N–H and O–H groups in total. The molecule has 1 heteroatoms. The molecule has 1 unspecified atom stereocenters. The normalized spacial score (nSPS) is 32.5. The molecule has 1 nitrogen and oxygen atoms in total. The van der Waals surface area contributed by atoms with E-state index in [4.69, 9.17) is 0 Å². The number of hydrogen-bond acceptors (Lipinski definition) is 1. The van der Waals surface area contributed by atoms with E-state index >= 15 is 0 Å². The highest BCUT2D eigenvalue weighted by atomic mass is 15.2. The van der Waals surface area contributed by atoms with Crippen LogP contribution in [0.4, 0.5) is 0 Å². The summed E-state index contributed by atoms with van der Waals surface area (Å²) in [5, 5.41) is 0. The fourth-order valence-electron chi connectivity index (χ4n) is 2.07. The SMILES string of the molecule is CC(C)C1CCN1CC1CC1. The summed E-state index contributed by atoms with van der Waals surface area (Å²) in [4.78, 5) is 2.68. The Bertz CT molecular complexity index is 138. The second-order valence-electron chi connectivity index (χ2n) is 4.54. The van der Waals surface area contributed by atoms with Crippen molar-refractivity contribution in [2.75, 3.05) is 13.1 Å². The van der Waals surface area contributed by atoms with Crippen LogP contribution in [-0.2, 0) is 0 Å². The molecular formula is C10H19N. The predicted molar refractivity (Wildman–Crippen MR) is 47.5 cm³/mol. The zero-order chi connectivity index (χ0) is 7.84. The van der Waals surface area contributed by atoms with Gasteiger partial charge in [0.05, 0.1) is 0 Å². The minimum atomic E-state index is 0.877. The molecule has 1 aliphatic carbocycles. The van der Waals surface area contributed by atoms with Crippen molar-refractivity contribution in [1.29, 1.82) is 0 Å². The first-order valence-electron chi connectivity index (χ1n) is 5.01. The minimum Gasteiger partial charge on any atom is -0.300 e. The van der Waals surface area contributed by atoms with Gasteiger partial charge in [-0.2, -0.15) is 0 Å². The van der Waals surface area contributed by atoms with Crippen LogP contribution in [0.15, 0.2) is 0 Å². The van der Waals surface area contributed by atoms with Crippen molar-refractivity contribution in [2.45, 2.75) is 39.2 Å². The molecular weight excluding hydrogens is 134 g/mol. The average molecular weight is 153 g/mol. The van der Waals surface area contributed by atoms with E-state index in [9.17, 15) is 0 Å². The number of nitrogens with zero attached hydrogens (tertiary/aromatic N) is 1. The van der Waals surface area contributed by atoms with Crippen LogP contribution in [0.2, 0.25) is 0 Å². The average Bonchev–Trinajstić information content (AvgIpc) is 2.60. The van der Waals surface area contributed by atoms with Crippen molar-refractivity contribution in [2.24, 2.45) is 11.8 Å². The molecule has 0 amide bonds. The van der Waals surface area contributed by atoms with Crippen LogP contribution in [0.3, 0.4) is 0 Å². The van der Waals surface area contributed by atoms with Crippen LogP contribution in [0.1, 0.15) is 33.1 Å². The monoisotopic (exact) mass is 153 g/mol. The molecule has 1 saturated carbocycles. The van der Waals surface area contributed by atoms with Crippen molar-refractivity contribution in [3.8, 4) is 0 Å². The summed E-state index contributed by atoms with van der Waals surface area (Å²) >= 11 is 0. The van der Waals surface area contributed by atoms with Crippen molar-refractivity contribution < 1.29 is 0 Å². The van der Waals surface area contributed by atoms with Gasteiger partial charge in [-0.3, -0.25) is 4.90 Å². The highest BCUT2D eigenvalue weighted by Crippen LogP contribution is 2.34. The van der Waals surface area contributed by atoms with Gasteiger partial charge in [0.2, 0.25) is 0 Å². The minimum absolute atomic E-state index is 0.877. The Morgan fingerprint density at radius 2 is 2.00 bits per heavy atom. The third-order valence-electron chi connectivity index (χ3n) is 3.14. The lowest BCUT2D eigenvalue weighted by Gasteiger charge is -2.43. The number of hydrogen-bond donors (Lipinski definition) is 0. The van der Waals surface area contributed by atoms with E-state index < -0.39 is 0 Å². The third kappa shape index (κ3) is 1.58. The van der Waals surface area contributed by atoms with E-state index in [-0.39, 0.29) is 0 Å². The van der Waals surface area contributed by atoms with Crippen LogP contribution >= 0.6 is 0 Å². The number of likely N-dealkylation sites (tertiary alicyclic amines) is 1. The number of rotatable bonds is 3. The maximum Gasteiger partial charge on any atom is 0.0130 e. The first-order valence-corrected chi connectivity index (χ1v) is 5.01. The van der Waals surface area contributed by atoms with Crippen molar-refractivity contribution >= 4 is 0 Å². The van der Waals surface area contributed by atoms with Gasteiger partial charge in [0, 0.05) is 12.6 Å². The van der Waals surface area contributed by atoms with Gasteiger partial charge >= 0.3 is 0 Å². The van der Waals surface area contributed by atoms with E-state index in [0.29, 0.717) is 0 Å². The molecule has 0 spiro atoms. The quantitative estimate of drug-likeness (QED) is 0.600. The molecule has 0 aromatic carbocycles.